The first-order chi connectivity index (χ1) is 9.80. The molecule has 0 bridgehead atoms. The number of aromatic nitrogens is 3. The molecule has 0 aromatic carbocycles. The molecule has 5 heteroatoms. The first-order valence-corrected chi connectivity index (χ1v) is 7.47. The van der Waals surface area contributed by atoms with Gasteiger partial charge in [0.2, 0.25) is 5.89 Å². The van der Waals surface area contributed by atoms with Gasteiger partial charge in [0.1, 0.15) is 0 Å². The van der Waals surface area contributed by atoms with E-state index in [2.05, 4.69) is 32.4 Å². The lowest BCUT2D eigenvalue weighted by Gasteiger charge is -2.13. The summed E-state index contributed by atoms with van der Waals surface area (Å²) in [7, 11) is 2.05. The average Bonchev–Trinajstić information content (AvgIpc) is 3.02. The minimum Gasteiger partial charge on any atom is -0.346 e. The maximum absolute atomic E-state index is 5.16. The smallest absolute Gasteiger partial charge is 0.226 e. The molecule has 1 aliphatic rings. The van der Waals surface area contributed by atoms with Crippen LogP contribution in [-0.4, -0.2) is 21.8 Å². The normalized spacial score (nSPS) is 18.8. The van der Waals surface area contributed by atoms with Crippen molar-refractivity contribution < 1.29 is 4.52 Å². The van der Waals surface area contributed by atoms with E-state index in [1.54, 1.807) is 0 Å². The molecular weight excluding hydrogens is 252 g/mol. The topological polar surface area (TPSA) is 55.9 Å². The Morgan fingerprint density at radius 3 is 3.05 bits per heavy atom. The molecule has 0 amide bonds. The zero-order valence-corrected chi connectivity index (χ0v) is 12.2. The van der Waals surface area contributed by atoms with E-state index in [1.165, 1.54) is 36.8 Å². The summed E-state index contributed by atoms with van der Waals surface area (Å²) in [6.45, 7) is 2.71. The molecule has 5 nitrogen and oxygen atoms in total. The van der Waals surface area contributed by atoms with Crippen molar-refractivity contribution in [3.8, 4) is 0 Å². The standard InChI is InChI=1S/C15H22N4O/c1-3-15-17-14(18-20-15)10-19-8-11-6-4-5-7-13(16-2)12(11)9-19/h8-9,13,16H,3-7,10H2,1-2H3. The van der Waals surface area contributed by atoms with Crippen LogP contribution < -0.4 is 5.32 Å². The van der Waals surface area contributed by atoms with E-state index >= 15 is 0 Å². The fourth-order valence-electron chi connectivity index (χ4n) is 2.97. The molecule has 108 valence electrons. The number of aryl methyl sites for hydroxylation is 2. The number of rotatable bonds is 4. The number of hydrogen-bond donors (Lipinski definition) is 1. The van der Waals surface area contributed by atoms with Gasteiger partial charge in [-0.1, -0.05) is 18.5 Å². The van der Waals surface area contributed by atoms with Crippen molar-refractivity contribution >= 4 is 0 Å². The Morgan fingerprint density at radius 1 is 1.40 bits per heavy atom. The summed E-state index contributed by atoms with van der Waals surface area (Å²) < 4.78 is 7.35. The van der Waals surface area contributed by atoms with Crippen LogP contribution in [-0.2, 0) is 19.4 Å². The minimum absolute atomic E-state index is 0.477. The van der Waals surface area contributed by atoms with E-state index in [9.17, 15) is 0 Å². The molecule has 3 rings (SSSR count). The SMILES string of the molecule is CCc1nc(Cn2cc3c(c2)C(NC)CCCC3)no1. The maximum atomic E-state index is 5.16. The van der Waals surface area contributed by atoms with Crippen LogP contribution in [0.5, 0.6) is 0 Å². The molecule has 1 unspecified atom stereocenters. The molecule has 0 fully saturated rings. The van der Waals surface area contributed by atoms with E-state index in [-0.39, 0.29) is 0 Å². The van der Waals surface area contributed by atoms with Gasteiger partial charge in [0.15, 0.2) is 5.82 Å². The van der Waals surface area contributed by atoms with Gasteiger partial charge >= 0.3 is 0 Å². The van der Waals surface area contributed by atoms with Crippen LogP contribution in [0.3, 0.4) is 0 Å². The molecule has 2 heterocycles. The van der Waals surface area contributed by atoms with Crippen LogP contribution in [0.1, 0.15) is 55.1 Å². The highest BCUT2D eigenvalue weighted by Gasteiger charge is 2.19. The maximum Gasteiger partial charge on any atom is 0.226 e. The second-order valence-electron chi connectivity index (χ2n) is 5.46. The lowest BCUT2D eigenvalue weighted by Crippen LogP contribution is -2.15. The highest BCUT2D eigenvalue weighted by Crippen LogP contribution is 2.29. The van der Waals surface area contributed by atoms with E-state index in [1.807, 2.05) is 14.0 Å². The van der Waals surface area contributed by atoms with Crippen molar-refractivity contribution in [2.24, 2.45) is 0 Å². The molecule has 0 saturated heterocycles. The highest BCUT2D eigenvalue weighted by molar-refractivity contribution is 5.29. The molecule has 2 aromatic heterocycles. The quantitative estimate of drug-likeness (QED) is 0.870. The molecular formula is C15H22N4O. The zero-order chi connectivity index (χ0) is 13.9. The highest BCUT2D eigenvalue weighted by atomic mass is 16.5. The van der Waals surface area contributed by atoms with Crippen molar-refractivity contribution in [1.82, 2.24) is 20.0 Å². The Bertz CT molecular complexity index is 572. The summed E-state index contributed by atoms with van der Waals surface area (Å²) >= 11 is 0. The number of hydrogen-bond acceptors (Lipinski definition) is 4. The second kappa shape index (κ2) is 5.79. The third-order valence-electron chi connectivity index (χ3n) is 4.05. The van der Waals surface area contributed by atoms with E-state index in [0.717, 1.165) is 12.2 Å². The van der Waals surface area contributed by atoms with Crippen LogP contribution in [0.25, 0.3) is 0 Å². The van der Waals surface area contributed by atoms with Gasteiger partial charge in [-0.05, 0) is 37.4 Å². The third kappa shape index (κ3) is 2.63. The monoisotopic (exact) mass is 274 g/mol. The summed E-state index contributed by atoms with van der Waals surface area (Å²) in [5.41, 5.74) is 2.89. The first-order valence-electron chi connectivity index (χ1n) is 7.47. The number of nitrogens with one attached hydrogen (secondary N) is 1. The van der Waals surface area contributed by atoms with Crippen molar-refractivity contribution in [3.63, 3.8) is 0 Å². The van der Waals surface area contributed by atoms with Gasteiger partial charge in [0.05, 0.1) is 6.54 Å². The Hall–Kier alpha value is -1.62. The lowest BCUT2D eigenvalue weighted by molar-refractivity contribution is 0.375. The Labute approximate surface area is 119 Å². The van der Waals surface area contributed by atoms with Crippen molar-refractivity contribution in [2.75, 3.05) is 7.05 Å². The molecule has 1 aliphatic carbocycles. The van der Waals surface area contributed by atoms with Crippen LogP contribution in [0.15, 0.2) is 16.9 Å². The van der Waals surface area contributed by atoms with Crippen molar-refractivity contribution in [3.05, 3.63) is 35.2 Å². The Kier molecular flexibility index (Phi) is 3.87. The lowest BCUT2D eigenvalue weighted by atomic mass is 10.1. The zero-order valence-electron chi connectivity index (χ0n) is 12.2. The Balaban J connectivity index is 1.81. The van der Waals surface area contributed by atoms with Gasteiger partial charge in [-0.15, -0.1) is 0 Å². The number of nitrogens with zero attached hydrogens (tertiary/aromatic N) is 3. The van der Waals surface area contributed by atoms with E-state index in [0.29, 0.717) is 18.5 Å². The van der Waals surface area contributed by atoms with Crippen LogP contribution in [0, 0.1) is 0 Å². The minimum atomic E-state index is 0.477. The molecule has 0 aliphatic heterocycles. The second-order valence-corrected chi connectivity index (χ2v) is 5.46. The summed E-state index contributed by atoms with van der Waals surface area (Å²) in [6, 6.07) is 0.477. The molecule has 2 aromatic rings. The molecule has 0 spiro atoms. The molecule has 1 atom stereocenters. The predicted molar refractivity (Wildman–Crippen MR) is 76.6 cm³/mol. The number of fused-ring (bicyclic) bond motifs is 1. The first kappa shape index (κ1) is 13.4. The summed E-state index contributed by atoms with van der Waals surface area (Å²) in [5.74, 6) is 1.47. The van der Waals surface area contributed by atoms with Gasteiger partial charge in [-0.3, -0.25) is 0 Å². The third-order valence-corrected chi connectivity index (χ3v) is 4.05. The van der Waals surface area contributed by atoms with Crippen molar-refractivity contribution in [2.45, 2.75) is 51.6 Å². The summed E-state index contributed by atoms with van der Waals surface area (Å²) in [6.07, 6.45) is 10.2. The van der Waals surface area contributed by atoms with Crippen molar-refractivity contribution in [1.29, 1.82) is 0 Å². The van der Waals surface area contributed by atoms with E-state index in [4.69, 9.17) is 4.52 Å². The van der Waals surface area contributed by atoms with Crippen LogP contribution in [0.2, 0.25) is 0 Å². The fraction of sp³-hybridized carbons (Fsp3) is 0.600. The van der Waals surface area contributed by atoms with Crippen LogP contribution >= 0.6 is 0 Å². The van der Waals surface area contributed by atoms with E-state index < -0.39 is 0 Å². The van der Waals surface area contributed by atoms with Gasteiger partial charge in [-0.2, -0.15) is 4.98 Å². The van der Waals surface area contributed by atoms with Gasteiger partial charge in [0, 0.05) is 24.9 Å². The molecule has 0 radical (unpaired) electrons. The fourth-order valence-corrected chi connectivity index (χ4v) is 2.97. The Morgan fingerprint density at radius 2 is 2.30 bits per heavy atom. The predicted octanol–water partition coefficient (Wildman–Crippen LogP) is 2.47. The summed E-state index contributed by atoms with van der Waals surface area (Å²) in [4.78, 5) is 4.37. The van der Waals surface area contributed by atoms with Crippen LogP contribution in [0.4, 0.5) is 0 Å². The molecule has 0 saturated carbocycles. The van der Waals surface area contributed by atoms with Gasteiger partial charge in [0.25, 0.3) is 0 Å². The average molecular weight is 274 g/mol. The molecule has 20 heavy (non-hydrogen) atoms. The summed E-state index contributed by atoms with van der Waals surface area (Å²) in [5, 5.41) is 7.45. The largest absolute Gasteiger partial charge is 0.346 e. The van der Waals surface area contributed by atoms with Gasteiger partial charge < -0.3 is 14.4 Å². The molecule has 1 N–H and O–H groups in total. The van der Waals surface area contributed by atoms with Gasteiger partial charge in [-0.25, -0.2) is 0 Å².